The van der Waals surface area contributed by atoms with Crippen molar-refractivity contribution >= 4 is 21.9 Å². The Bertz CT molecular complexity index is 1160. The summed E-state index contributed by atoms with van der Waals surface area (Å²) in [5, 5.41) is 2.21. The number of furan rings is 1. The van der Waals surface area contributed by atoms with Crippen molar-refractivity contribution in [3.63, 3.8) is 0 Å². The summed E-state index contributed by atoms with van der Waals surface area (Å²) in [5.74, 6) is 0.872. The summed E-state index contributed by atoms with van der Waals surface area (Å²) in [6, 6.07) is 30.8. The zero-order chi connectivity index (χ0) is 16.6. The van der Waals surface area contributed by atoms with E-state index in [1.165, 1.54) is 0 Å². The highest BCUT2D eigenvalue weighted by atomic mass is 16.3. The van der Waals surface area contributed by atoms with Gasteiger partial charge in [-0.3, -0.25) is 0 Å². The second-order valence-corrected chi connectivity index (χ2v) is 6.09. The fourth-order valence-corrected chi connectivity index (χ4v) is 3.25. The first-order valence-corrected chi connectivity index (χ1v) is 8.33. The van der Waals surface area contributed by atoms with Crippen LogP contribution in [0.3, 0.4) is 0 Å². The van der Waals surface area contributed by atoms with Crippen molar-refractivity contribution < 1.29 is 4.42 Å². The molecule has 0 saturated heterocycles. The van der Waals surface area contributed by atoms with Gasteiger partial charge in [-0.2, -0.15) is 0 Å². The SMILES string of the molecule is c1ccc(-c2cc(-c3cc4ccccc4o3)c3ccccc3n2)cc1. The molecule has 0 fully saturated rings. The van der Waals surface area contributed by atoms with Crippen molar-refractivity contribution in [2.75, 3.05) is 0 Å². The lowest BCUT2D eigenvalue weighted by atomic mass is 10.0. The molecule has 0 amide bonds. The van der Waals surface area contributed by atoms with E-state index in [0.29, 0.717) is 0 Å². The molecule has 0 aliphatic rings. The normalized spacial score (nSPS) is 11.2. The number of fused-ring (bicyclic) bond motifs is 2. The number of nitrogens with zero attached hydrogens (tertiary/aromatic N) is 1. The summed E-state index contributed by atoms with van der Waals surface area (Å²) in [4.78, 5) is 4.84. The number of rotatable bonds is 2. The largest absolute Gasteiger partial charge is 0.456 e. The Morgan fingerprint density at radius 1 is 0.680 bits per heavy atom. The van der Waals surface area contributed by atoms with E-state index in [0.717, 1.165) is 44.5 Å². The quantitative estimate of drug-likeness (QED) is 0.380. The molecule has 118 valence electrons. The highest BCUT2D eigenvalue weighted by molar-refractivity contribution is 5.97. The molecule has 3 aromatic carbocycles. The van der Waals surface area contributed by atoms with Gasteiger partial charge in [-0.25, -0.2) is 4.98 Å². The van der Waals surface area contributed by atoms with Crippen LogP contribution < -0.4 is 0 Å². The number of pyridine rings is 1. The van der Waals surface area contributed by atoms with Crippen LogP contribution in [0, 0.1) is 0 Å². The summed E-state index contributed by atoms with van der Waals surface area (Å²) in [5.41, 5.74) is 5.00. The Labute approximate surface area is 145 Å². The van der Waals surface area contributed by atoms with Gasteiger partial charge in [0.05, 0.1) is 11.2 Å². The van der Waals surface area contributed by atoms with Gasteiger partial charge < -0.3 is 4.42 Å². The fourth-order valence-electron chi connectivity index (χ4n) is 3.25. The highest BCUT2D eigenvalue weighted by Crippen LogP contribution is 2.35. The molecule has 0 spiro atoms. The minimum atomic E-state index is 0.872. The van der Waals surface area contributed by atoms with Gasteiger partial charge in [-0.05, 0) is 24.3 Å². The molecule has 2 heterocycles. The van der Waals surface area contributed by atoms with Crippen LogP contribution >= 0.6 is 0 Å². The van der Waals surface area contributed by atoms with Gasteiger partial charge in [0, 0.05) is 21.9 Å². The molecule has 0 aliphatic carbocycles. The second-order valence-electron chi connectivity index (χ2n) is 6.09. The van der Waals surface area contributed by atoms with E-state index in [1.54, 1.807) is 0 Å². The van der Waals surface area contributed by atoms with E-state index in [2.05, 4.69) is 36.4 Å². The zero-order valence-corrected chi connectivity index (χ0v) is 13.5. The van der Waals surface area contributed by atoms with Gasteiger partial charge in [0.1, 0.15) is 11.3 Å². The molecule has 25 heavy (non-hydrogen) atoms. The standard InChI is InChI=1S/C23H15NO/c1-2-8-16(9-3-1)21-15-19(18-11-5-6-12-20(18)24-21)23-14-17-10-4-7-13-22(17)25-23/h1-15H. The molecule has 5 aromatic rings. The summed E-state index contributed by atoms with van der Waals surface area (Å²) in [7, 11) is 0. The molecular formula is C23H15NO. The Morgan fingerprint density at radius 2 is 1.44 bits per heavy atom. The third-order valence-electron chi connectivity index (χ3n) is 4.48. The first-order valence-electron chi connectivity index (χ1n) is 8.33. The maximum Gasteiger partial charge on any atom is 0.136 e. The van der Waals surface area contributed by atoms with Crippen LogP contribution in [-0.4, -0.2) is 4.98 Å². The number of para-hydroxylation sites is 2. The molecule has 2 heteroatoms. The van der Waals surface area contributed by atoms with Gasteiger partial charge >= 0.3 is 0 Å². The minimum absolute atomic E-state index is 0.872. The third-order valence-corrected chi connectivity index (χ3v) is 4.48. The molecule has 2 aromatic heterocycles. The summed E-state index contributed by atoms with van der Waals surface area (Å²) in [6.45, 7) is 0. The number of aromatic nitrogens is 1. The predicted molar refractivity (Wildman–Crippen MR) is 102 cm³/mol. The van der Waals surface area contributed by atoms with E-state index in [-0.39, 0.29) is 0 Å². The number of hydrogen-bond donors (Lipinski definition) is 0. The van der Waals surface area contributed by atoms with E-state index in [4.69, 9.17) is 9.40 Å². The molecule has 0 saturated carbocycles. The summed E-state index contributed by atoms with van der Waals surface area (Å²) < 4.78 is 6.13. The Morgan fingerprint density at radius 3 is 2.32 bits per heavy atom. The van der Waals surface area contributed by atoms with E-state index in [1.807, 2.05) is 54.6 Å². The molecular weight excluding hydrogens is 306 g/mol. The molecule has 0 N–H and O–H groups in total. The fraction of sp³-hybridized carbons (Fsp3) is 0. The molecule has 2 nitrogen and oxygen atoms in total. The van der Waals surface area contributed by atoms with Gasteiger partial charge in [0.2, 0.25) is 0 Å². The smallest absolute Gasteiger partial charge is 0.136 e. The molecule has 0 bridgehead atoms. The lowest BCUT2D eigenvalue weighted by Crippen LogP contribution is -1.88. The first-order chi connectivity index (χ1) is 12.4. The Kier molecular flexibility index (Phi) is 3.14. The van der Waals surface area contributed by atoms with Crippen molar-refractivity contribution in [3.05, 3.63) is 91.0 Å². The maximum absolute atomic E-state index is 6.13. The van der Waals surface area contributed by atoms with Crippen LogP contribution in [0.1, 0.15) is 0 Å². The second kappa shape index (κ2) is 5.60. The van der Waals surface area contributed by atoms with Crippen molar-refractivity contribution in [1.82, 2.24) is 4.98 Å². The van der Waals surface area contributed by atoms with Gasteiger partial charge in [0.25, 0.3) is 0 Å². The van der Waals surface area contributed by atoms with Crippen LogP contribution in [0.4, 0.5) is 0 Å². The average Bonchev–Trinajstić information content (AvgIpc) is 3.12. The molecule has 0 aliphatic heterocycles. The number of hydrogen-bond acceptors (Lipinski definition) is 2. The lowest BCUT2D eigenvalue weighted by Gasteiger charge is -2.08. The van der Waals surface area contributed by atoms with Crippen LogP contribution in [0.2, 0.25) is 0 Å². The Balaban J connectivity index is 1.81. The predicted octanol–water partition coefficient (Wildman–Crippen LogP) is 6.32. The van der Waals surface area contributed by atoms with E-state index in [9.17, 15) is 0 Å². The first kappa shape index (κ1) is 14.0. The molecule has 0 atom stereocenters. The molecule has 0 radical (unpaired) electrons. The summed E-state index contributed by atoms with van der Waals surface area (Å²) in [6.07, 6.45) is 0. The zero-order valence-electron chi connectivity index (χ0n) is 13.5. The number of benzene rings is 3. The van der Waals surface area contributed by atoms with Crippen molar-refractivity contribution in [2.24, 2.45) is 0 Å². The monoisotopic (exact) mass is 321 g/mol. The van der Waals surface area contributed by atoms with Crippen LogP contribution in [0.5, 0.6) is 0 Å². The topological polar surface area (TPSA) is 26.0 Å². The van der Waals surface area contributed by atoms with E-state index >= 15 is 0 Å². The van der Waals surface area contributed by atoms with Crippen LogP contribution in [0.25, 0.3) is 44.5 Å². The van der Waals surface area contributed by atoms with Crippen LogP contribution in [-0.2, 0) is 0 Å². The van der Waals surface area contributed by atoms with Gasteiger partial charge in [0.15, 0.2) is 0 Å². The molecule has 0 unspecified atom stereocenters. The third kappa shape index (κ3) is 2.39. The lowest BCUT2D eigenvalue weighted by molar-refractivity contribution is 0.632. The Hall–Kier alpha value is -3.39. The van der Waals surface area contributed by atoms with Crippen LogP contribution in [0.15, 0.2) is 95.4 Å². The maximum atomic E-state index is 6.13. The minimum Gasteiger partial charge on any atom is -0.456 e. The average molecular weight is 321 g/mol. The van der Waals surface area contributed by atoms with Gasteiger partial charge in [-0.15, -0.1) is 0 Å². The van der Waals surface area contributed by atoms with Crippen molar-refractivity contribution in [3.8, 4) is 22.6 Å². The molecule has 5 rings (SSSR count). The summed E-state index contributed by atoms with van der Waals surface area (Å²) >= 11 is 0. The highest BCUT2D eigenvalue weighted by Gasteiger charge is 2.13. The van der Waals surface area contributed by atoms with E-state index < -0.39 is 0 Å². The van der Waals surface area contributed by atoms with Crippen molar-refractivity contribution in [1.29, 1.82) is 0 Å². The van der Waals surface area contributed by atoms with Gasteiger partial charge in [-0.1, -0.05) is 66.7 Å². The van der Waals surface area contributed by atoms with Crippen molar-refractivity contribution in [2.45, 2.75) is 0 Å².